The van der Waals surface area contributed by atoms with Gasteiger partial charge in [-0.1, -0.05) is 41.5 Å². The van der Waals surface area contributed by atoms with Crippen LogP contribution in [0.5, 0.6) is 0 Å². The molecule has 1 rings (SSSR count). The highest BCUT2D eigenvalue weighted by molar-refractivity contribution is 5.96. The van der Waals surface area contributed by atoms with Crippen molar-refractivity contribution in [2.45, 2.75) is 110 Å². The maximum Gasteiger partial charge on any atom is 0.326 e. The fraction of sp³-hybridized carbons (Fsp3) is 0.759. The minimum atomic E-state index is -1.61. The van der Waals surface area contributed by atoms with E-state index in [4.69, 9.17) is 0 Å². The van der Waals surface area contributed by atoms with Gasteiger partial charge in [-0.05, 0) is 56.4 Å². The third kappa shape index (κ3) is 14.6. The SMILES string of the molecule is CC(C)C[C@H](NC(=O)[C@H](CC(=O)O)NC(=O)[C@H](CC(C)C)NC(=O)[C@H](CC(C)C)NC(=O)CNC(=O)[C@@H]1CCCN1)C(=O)O. The molecule has 8 N–H and O–H groups in total. The smallest absolute Gasteiger partial charge is 0.326 e. The molecule has 1 aliphatic heterocycles. The number of nitrogens with one attached hydrogen (secondary N) is 6. The van der Waals surface area contributed by atoms with Crippen LogP contribution < -0.4 is 31.9 Å². The molecule has 1 aliphatic rings. The number of hydrogen-bond donors (Lipinski definition) is 8. The highest BCUT2D eigenvalue weighted by Gasteiger charge is 2.33. The molecule has 0 aliphatic carbocycles. The molecule has 1 heterocycles. The lowest BCUT2D eigenvalue weighted by Crippen LogP contribution is -2.58. The van der Waals surface area contributed by atoms with Gasteiger partial charge in [0.05, 0.1) is 19.0 Å². The summed E-state index contributed by atoms with van der Waals surface area (Å²) in [6, 6.07) is -5.51. The van der Waals surface area contributed by atoms with E-state index < -0.39 is 66.2 Å². The van der Waals surface area contributed by atoms with Crippen LogP contribution in [0.3, 0.4) is 0 Å². The first-order valence-corrected chi connectivity index (χ1v) is 15.2. The molecule has 15 heteroatoms. The summed E-state index contributed by atoms with van der Waals surface area (Å²) in [5.74, 6) is -6.32. The second-order valence-electron chi connectivity index (χ2n) is 12.5. The van der Waals surface area contributed by atoms with Gasteiger partial charge >= 0.3 is 11.9 Å². The molecule has 15 nitrogen and oxygen atoms in total. The molecule has 5 amide bonds. The van der Waals surface area contributed by atoms with Crippen molar-refractivity contribution in [1.82, 2.24) is 31.9 Å². The molecule has 0 bridgehead atoms. The van der Waals surface area contributed by atoms with E-state index >= 15 is 0 Å². The quantitative estimate of drug-likeness (QED) is 0.0915. The first-order chi connectivity index (χ1) is 20.5. The van der Waals surface area contributed by atoms with Crippen LogP contribution in [0, 0.1) is 17.8 Å². The number of carboxylic acids is 2. The fourth-order valence-corrected chi connectivity index (χ4v) is 4.74. The molecule has 250 valence electrons. The van der Waals surface area contributed by atoms with Gasteiger partial charge in [0, 0.05) is 0 Å². The van der Waals surface area contributed by atoms with Crippen molar-refractivity contribution in [2.24, 2.45) is 17.8 Å². The molecule has 0 spiro atoms. The molecule has 1 fully saturated rings. The normalized spacial score (nSPS) is 17.3. The van der Waals surface area contributed by atoms with Crippen LogP contribution in [0.25, 0.3) is 0 Å². The molecule has 0 radical (unpaired) electrons. The van der Waals surface area contributed by atoms with Gasteiger partial charge in [0.2, 0.25) is 29.5 Å². The standard InChI is InChI=1S/C29H50N6O9/c1-15(2)10-19(32-23(36)14-31-25(39)18-8-7-9-30-18)26(40)33-20(11-16(3)4)27(41)34-21(13-24(37)38)28(42)35-22(29(43)44)12-17(5)6/h15-22,30H,7-14H2,1-6H3,(H,31,39)(H,32,36)(H,33,40)(H,34,41)(H,35,42)(H,37,38)(H,43,44)/t18-,19-,20-,21-,22-/m0/s1. The average molecular weight is 627 g/mol. The molecule has 0 saturated carbocycles. The van der Waals surface area contributed by atoms with Crippen molar-refractivity contribution >= 4 is 41.5 Å². The van der Waals surface area contributed by atoms with Gasteiger partial charge in [-0.3, -0.25) is 28.8 Å². The Morgan fingerprint density at radius 2 is 1.14 bits per heavy atom. The lowest BCUT2D eigenvalue weighted by Gasteiger charge is -2.27. The minimum absolute atomic E-state index is 0.0302. The van der Waals surface area contributed by atoms with Gasteiger partial charge in [-0.15, -0.1) is 0 Å². The average Bonchev–Trinajstić information content (AvgIpc) is 3.44. The van der Waals surface area contributed by atoms with E-state index in [9.17, 15) is 43.8 Å². The third-order valence-electron chi connectivity index (χ3n) is 6.83. The molecule has 5 atom stereocenters. The Balaban J connectivity index is 3.01. The fourth-order valence-electron chi connectivity index (χ4n) is 4.74. The number of aliphatic carboxylic acids is 2. The highest BCUT2D eigenvalue weighted by Crippen LogP contribution is 2.11. The Morgan fingerprint density at radius 1 is 0.682 bits per heavy atom. The Bertz CT molecular complexity index is 1030. The van der Waals surface area contributed by atoms with Crippen LogP contribution >= 0.6 is 0 Å². The highest BCUT2D eigenvalue weighted by atomic mass is 16.4. The molecular weight excluding hydrogens is 576 g/mol. The molecule has 0 aromatic heterocycles. The van der Waals surface area contributed by atoms with Crippen LogP contribution in [0.2, 0.25) is 0 Å². The van der Waals surface area contributed by atoms with E-state index in [0.29, 0.717) is 6.42 Å². The first kappa shape index (κ1) is 38.3. The molecule has 44 heavy (non-hydrogen) atoms. The molecular formula is C29H50N6O9. The van der Waals surface area contributed by atoms with Gasteiger partial charge in [0.25, 0.3) is 0 Å². The topological polar surface area (TPSA) is 232 Å². The number of amides is 5. The van der Waals surface area contributed by atoms with E-state index in [1.54, 1.807) is 27.7 Å². The summed E-state index contributed by atoms with van der Waals surface area (Å²) in [5, 5.41) is 34.3. The molecule has 0 aromatic carbocycles. The second kappa shape index (κ2) is 18.8. The van der Waals surface area contributed by atoms with Crippen molar-refractivity contribution < 1.29 is 43.8 Å². The van der Waals surface area contributed by atoms with Crippen LogP contribution in [0.1, 0.15) is 80.1 Å². The van der Waals surface area contributed by atoms with Crippen LogP contribution in [0.4, 0.5) is 0 Å². The number of carbonyl (C=O) groups is 7. The van der Waals surface area contributed by atoms with E-state index in [2.05, 4.69) is 31.9 Å². The lowest BCUT2D eigenvalue weighted by atomic mass is 9.99. The summed E-state index contributed by atoms with van der Waals surface area (Å²) in [5.41, 5.74) is 0. The van der Waals surface area contributed by atoms with E-state index in [1.807, 2.05) is 13.8 Å². The Hall–Kier alpha value is -3.75. The van der Waals surface area contributed by atoms with E-state index in [-0.39, 0.29) is 55.5 Å². The second-order valence-corrected chi connectivity index (χ2v) is 12.5. The Labute approximate surface area is 258 Å². The summed E-state index contributed by atoms with van der Waals surface area (Å²) in [6.07, 6.45) is 1.14. The lowest BCUT2D eigenvalue weighted by molar-refractivity contribution is -0.144. The zero-order valence-corrected chi connectivity index (χ0v) is 26.5. The largest absolute Gasteiger partial charge is 0.481 e. The zero-order valence-electron chi connectivity index (χ0n) is 26.5. The summed E-state index contributed by atoms with van der Waals surface area (Å²) in [4.78, 5) is 87.6. The van der Waals surface area contributed by atoms with Gasteiger partial charge < -0.3 is 42.1 Å². The monoisotopic (exact) mass is 626 g/mol. The van der Waals surface area contributed by atoms with Crippen LogP contribution in [-0.2, 0) is 33.6 Å². The minimum Gasteiger partial charge on any atom is -0.481 e. The summed E-state index contributed by atoms with van der Waals surface area (Å²) in [6.45, 7) is 11.2. The molecule has 0 aromatic rings. The van der Waals surface area contributed by atoms with Crippen molar-refractivity contribution in [3.63, 3.8) is 0 Å². The van der Waals surface area contributed by atoms with Gasteiger partial charge in [0.1, 0.15) is 24.2 Å². The van der Waals surface area contributed by atoms with Crippen molar-refractivity contribution in [1.29, 1.82) is 0 Å². The summed E-state index contributed by atoms with van der Waals surface area (Å²) >= 11 is 0. The first-order valence-electron chi connectivity index (χ1n) is 15.2. The molecule has 1 saturated heterocycles. The Morgan fingerprint density at radius 3 is 1.59 bits per heavy atom. The Kier molecular flexibility index (Phi) is 16.4. The number of carboxylic acid groups (broad SMARTS) is 2. The molecule has 0 unspecified atom stereocenters. The van der Waals surface area contributed by atoms with Crippen molar-refractivity contribution in [3.05, 3.63) is 0 Å². The van der Waals surface area contributed by atoms with Crippen LogP contribution in [-0.4, -0.2) is 95.0 Å². The predicted octanol–water partition coefficient (Wildman–Crippen LogP) is -0.509. The third-order valence-corrected chi connectivity index (χ3v) is 6.83. The van der Waals surface area contributed by atoms with Crippen molar-refractivity contribution in [2.75, 3.05) is 13.1 Å². The number of rotatable bonds is 19. The van der Waals surface area contributed by atoms with E-state index in [0.717, 1.165) is 13.0 Å². The van der Waals surface area contributed by atoms with Gasteiger partial charge in [-0.2, -0.15) is 0 Å². The van der Waals surface area contributed by atoms with Gasteiger partial charge in [-0.25, -0.2) is 4.79 Å². The van der Waals surface area contributed by atoms with Gasteiger partial charge in [0.15, 0.2) is 0 Å². The summed E-state index contributed by atoms with van der Waals surface area (Å²) < 4.78 is 0. The number of hydrogen-bond acceptors (Lipinski definition) is 8. The van der Waals surface area contributed by atoms with Crippen molar-refractivity contribution in [3.8, 4) is 0 Å². The van der Waals surface area contributed by atoms with E-state index in [1.165, 1.54) is 0 Å². The zero-order chi connectivity index (χ0) is 33.6. The number of carbonyl (C=O) groups excluding carboxylic acids is 5. The summed E-state index contributed by atoms with van der Waals surface area (Å²) in [7, 11) is 0. The predicted molar refractivity (Wildman–Crippen MR) is 160 cm³/mol. The maximum atomic E-state index is 13.3. The maximum absolute atomic E-state index is 13.3. The van der Waals surface area contributed by atoms with Crippen LogP contribution in [0.15, 0.2) is 0 Å².